The van der Waals surface area contributed by atoms with Crippen molar-refractivity contribution in [3.63, 3.8) is 0 Å². The third-order valence-corrected chi connectivity index (χ3v) is 11.0. The van der Waals surface area contributed by atoms with Crippen molar-refractivity contribution in [3.8, 4) is 0 Å². The molecule has 246 valence electrons. The maximum atomic E-state index is 15.4. The molecule has 0 radical (unpaired) electrons. The summed E-state index contributed by atoms with van der Waals surface area (Å²) < 4.78 is 28.2. The molecule has 1 unspecified atom stereocenters. The van der Waals surface area contributed by atoms with Gasteiger partial charge in [0.25, 0.3) is 5.91 Å². The Morgan fingerprint density at radius 3 is 2.61 bits per heavy atom. The number of thiophene rings is 1. The number of carbonyl (C=O) groups excluding carboxylic acids is 2. The molecule has 2 amide bonds. The Bertz CT molecular complexity index is 1590. The molecule has 1 aromatic heterocycles. The van der Waals surface area contributed by atoms with E-state index in [1.165, 1.54) is 23.5 Å². The number of likely N-dealkylation sites (tertiary alicyclic amines) is 2. The molecule has 2 aromatic carbocycles. The van der Waals surface area contributed by atoms with Crippen LogP contribution in [0.3, 0.4) is 0 Å². The zero-order valence-corrected chi connectivity index (χ0v) is 27.3. The molecule has 46 heavy (non-hydrogen) atoms. The van der Waals surface area contributed by atoms with Crippen molar-refractivity contribution in [1.82, 2.24) is 9.80 Å². The van der Waals surface area contributed by atoms with Gasteiger partial charge in [0.05, 0.1) is 53.5 Å². The Hall–Kier alpha value is -3.09. The third kappa shape index (κ3) is 7.23. The fourth-order valence-electron chi connectivity index (χ4n) is 7.05. The summed E-state index contributed by atoms with van der Waals surface area (Å²) >= 11 is 7.97. The quantitative estimate of drug-likeness (QED) is 0.279. The van der Waals surface area contributed by atoms with Crippen molar-refractivity contribution in [2.24, 2.45) is 5.92 Å². The van der Waals surface area contributed by atoms with E-state index in [4.69, 9.17) is 21.1 Å². The van der Waals surface area contributed by atoms with Crippen LogP contribution in [0.1, 0.15) is 54.4 Å². The van der Waals surface area contributed by atoms with Gasteiger partial charge in [-0.3, -0.25) is 19.3 Å². The summed E-state index contributed by atoms with van der Waals surface area (Å²) in [4.78, 5) is 42.3. The molecular formula is C34H39ClFN3O6S. The fraction of sp³-hybridized carbons (Fsp3) is 0.500. The maximum absolute atomic E-state index is 15.4. The number of benzene rings is 2. The minimum absolute atomic E-state index is 0.0395. The number of fused-ring (bicyclic) bond motifs is 1. The number of amides is 2. The Morgan fingerprint density at radius 1 is 1.09 bits per heavy atom. The summed E-state index contributed by atoms with van der Waals surface area (Å²) in [6.07, 6.45) is 4.14. The molecule has 0 bridgehead atoms. The number of methoxy groups -OCH3 is 1. The van der Waals surface area contributed by atoms with Gasteiger partial charge in [0.1, 0.15) is 5.82 Å². The minimum Gasteiger partial charge on any atom is -0.481 e. The predicted molar refractivity (Wildman–Crippen MR) is 175 cm³/mol. The maximum Gasteiger partial charge on any atom is 0.306 e. The van der Waals surface area contributed by atoms with Crippen LogP contribution in [0.15, 0.2) is 41.8 Å². The van der Waals surface area contributed by atoms with Crippen LogP contribution in [0.4, 0.5) is 10.1 Å². The van der Waals surface area contributed by atoms with Crippen molar-refractivity contribution in [1.29, 1.82) is 0 Å². The molecule has 9 nitrogen and oxygen atoms in total. The zero-order valence-electron chi connectivity index (χ0n) is 25.8. The number of halogens is 2. The summed E-state index contributed by atoms with van der Waals surface area (Å²) in [5, 5.41) is 14.8. The van der Waals surface area contributed by atoms with Crippen molar-refractivity contribution < 1.29 is 33.4 Å². The Labute approximate surface area is 276 Å². The first-order valence-corrected chi connectivity index (χ1v) is 17.1. The highest BCUT2D eigenvalue weighted by atomic mass is 35.5. The number of ether oxygens (including phenoxy) is 2. The van der Waals surface area contributed by atoms with Gasteiger partial charge in [-0.15, -0.1) is 11.3 Å². The smallest absolute Gasteiger partial charge is 0.306 e. The number of aliphatic carboxylic acids is 1. The van der Waals surface area contributed by atoms with Gasteiger partial charge in [0.15, 0.2) is 0 Å². The minimum atomic E-state index is -0.757. The molecule has 1 aliphatic carbocycles. The van der Waals surface area contributed by atoms with Crippen LogP contribution in [0.2, 0.25) is 5.02 Å². The number of carboxylic acids is 1. The van der Waals surface area contributed by atoms with Gasteiger partial charge in [-0.25, -0.2) is 4.39 Å². The second kappa shape index (κ2) is 14.4. The van der Waals surface area contributed by atoms with Crippen LogP contribution in [-0.4, -0.2) is 90.3 Å². The lowest BCUT2D eigenvalue weighted by Crippen LogP contribution is -2.41. The SMILES string of the molecule is COC1CCN([C@H]2C[C@@H](CO[C@H]3CC[C@H](C(=O)O)CC3)N(C(=O)Cc3cc(Cl)c(NC(=O)c4csc5ccccc45)cc3F)C2)C1. The largest absolute Gasteiger partial charge is 0.481 e. The summed E-state index contributed by atoms with van der Waals surface area (Å²) in [7, 11) is 1.72. The normalized spacial score (nSPS) is 25.3. The molecule has 12 heteroatoms. The molecule has 3 atom stereocenters. The van der Waals surface area contributed by atoms with Gasteiger partial charge in [0, 0.05) is 48.3 Å². The highest BCUT2D eigenvalue weighted by Gasteiger charge is 2.41. The van der Waals surface area contributed by atoms with Crippen molar-refractivity contribution in [2.45, 2.75) is 69.2 Å². The Kier molecular flexibility index (Phi) is 10.2. The van der Waals surface area contributed by atoms with E-state index in [9.17, 15) is 19.5 Å². The molecule has 3 aromatic rings. The van der Waals surface area contributed by atoms with E-state index in [1.54, 1.807) is 17.4 Å². The molecule has 3 heterocycles. The van der Waals surface area contributed by atoms with Gasteiger partial charge in [-0.05, 0) is 62.3 Å². The van der Waals surface area contributed by atoms with E-state index in [0.29, 0.717) is 44.4 Å². The lowest BCUT2D eigenvalue weighted by atomic mass is 9.87. The third-order valence-electron chi connectivity index (χ3n) is 9.74. The summed E-state index contributed by atoms with van der Waals surface area (Å²) in [5.41, 5.74) is 0.783. The van der Waals surface area contributed by atoms with Crippen LogP contribution in [-0.2, 0) is 25.5 Å². The van der Waals surface area contributed by atoms with Crippen LogP contribution in [0.25, 0.3) is 10.1 Å². The van der Waals surface area contributed by atoms with Crippen LogP contribution in [0.5, 0.6) is 0 Å². The zero-order chi connectivity index (χ0) is 32.4. The van der Waals surface area contributed by atoms with E-state index in [0.717, 1.165) is 36.0 Å². The van der Waals surface area contributed by atoms with Gasteiger partial charge >= 0.3 is 5.97 Å². The van der Waals surface area contributed by atoms with E-state index >= 15 is 4.39 Å². The Balaban J connectivity index is 1.12. The highest BCUT2D eigenvalue weighted by Crippen LogP contribution is 2.32. The molecule has 0 spiro atoms. The lowest BCUT2D eigenvalue weighted by molar-refractivity contribution is -0.144. The summed E-state index contributed by atoms with van der Waals surface area (Å²) in [6.45, 7) is 2.54. The van der Waals surface area contributed by atoms with Crippen LogP contribution < -0.4 is 5.32 Å². The molecule has 1 saturated carbocycles. The molecule has 3 fully saturated rings. The van der Waals surface area contributed by atoms with E-state index < -0.39 is 11.8 Å². The number of nitrogens with one attached hydrogen (secondary N) is 1. The Morgan fingerprint density at radius 2 is 1.87 bits per heavy atom. The molecule has 2 N–H and O–H groups in total. The average molecular weight is 672 g/mol. The number of nitrogens with zero attached hydrogens (tertiary/aromatic N) is 2. The molecule has 6 rings (SSSR count). The average Bonchev–Trinajstić information content (AvgIpc) is 3.81. The van der Waals surface area contributed by atoms with Crippen LogP contribution >= 0.6 is 22.9 Å². The molecule has 2 saturated heterocycles. The number of hydrogen-bond acceptors (Lipinski definition) is 7. The van der Waals surface area contributed by atoms with Gasteiger partial charge in [-0.2, -0.15) is 0 Å². The second-order valence-corrected chi connectivity index (χ2v) is 13.9. The first-order chi connectivity index (χ1) is 22.2. The number of rotatable bonds is 10. The molecule has 2 aliphatic heterocycles. The van der Waals surface area contributed by atoms with Gasteiger partial charge in [-0.1, -0.05) is 29.8 Å². The van der Waals surface area contributed by atoms with Gasteiger partial charge in [0.2, 0.25) is 5.91 Å². The number of hydrogen-bond donors (Lipinski definition) is 2. The number of anilines is 1. The van der Waals surface area contributed by atoms with Gasteiger partial charge < -0.3 is 24.8 Å². The highest BCUT2D eigenvalue weighted by molar-refractivity contribution is 7.17. The van der Waals surface area contributed by atoms with E-state index in [-0.39, 0.29) is 64.7 Å². The number of carboxylic acid groups (broad SMARTS) is 1. The first-order valence-electron chi connectivity index (χ1n) is 15.9. The van der Waals surface area contributed by atoms with Crippen molar-refractivity contribution in [3.05, 3.63) is 63.7 Å². The standard InChI is InChI=1S/C34H39ClFN3O6S/c1-44-25-10-11-38(17-25)22-14-23(18-45-24-8-6-20(7-9-24)34(42)43)39(16-22)32(40)13-21-12-28(35)30(15-29(21)36)37-33(41)27-19-46-31-5-3-2-4-26(27)31/h2-5,12,15,19-20,22-25H,6-11,13-14,16-18H2,1H3,(H,37,41)(H,42,43)/t20-,22-,23-,24-,25?/m0/s1. The van der Waals surface area contributed by atoms with Crippen molar-refractivity contribution in [2.75, 3.05) is 38.7 Å². The monoisotopic (exact) mass is 671 g/mol. The van der Waals surface area contributed by atoms with Crippen LogP contribution in [0, 0.1) is 11.7 Å². The molecular weight excluding hydrogens is 633 g/mol. The lowest BCUT2D eigenvalue weighted by Gasteiger charge is -2.30. The topological polar surface area (TPSA) is 108 Å². The second-order valence-electron chi connectivity index (χ2n) is 12.6. The van der Waals surface area contributed by atoms with Crippen molar-refractivity contribution >= 4 is 56.5 Å². The summed E-state index contributed by atoms with van der Waals surface area (Å²) in [5.74, 6) is -2.31. The summed E-state index contributed by atoms with van der Waals surface area (Å²) in [6, 6.07) is 10.1. The molecule has 3 aliphatic rings. The number of carbonyl (C=O) groups is 3. The van der Waals surface area contributed by atoms with E-state index in [1.807, 2.05) is 24.3 Å². The predicted octanol–water partition coefficient (Wildman–Crippen LogP) is 5.84. The fourth-order valence-corrected chi connectivity index (χ4v) is 8.22. The van der Waals surface area contributed by atoms with E-state index in [2.05, 4.69) is 10.2 Å². The first kappa shape index (κ1) is 32.8.